The van der Waals surface area contributed by atoms with E-state index in [2.05, 4.69) is 9.62 Å². The zero-order valence-corrected chi connectivity index (χ0v) is 12.8. The molecule has 20 heavy (non-hydrogen) atoms. The van der Waals surface area contributed by atoms with Crippen molar-refractivity contribution < 1.29 is 13.2 Å². The highest BCUT2D eigenvalue weighted by Crippen LogP contribution is 2.23. The topological polar surface area (TPSA) is 58.6 Å². The molecule has 1 aliphatic heterocycles. The quantitative estimate of drug-likeness (QED) is 0.873. The minimum Gasteiger partial charge on any atom is -0.380 e. The first-order valence-electron chi connectivity index (χ1n) is 6.92. The van der Waals surface area contributed by atoms with Crippen LogP contribution in [0, 0.1) is 0 Å². The van der Waals surface area contributed by atoms with Crippen molar-refractivity contribution in [2.75, 3.05) is 35.6 Å². The van der Waals surface area contributed by atoms with E-state index in [1.54, 1.807) is 7.11 Å². The molecule has 1 N–H and O–H groups in total. The van der Waals surface area contributed by atoms with Crippen molar-refractivity contribution in [3.05, 3.63) is 24.3 Å². The molecule has 2 rings (SSSR count). The van der Waals surface area contributed by atoms with Crippen molar-refractivity contribution in [3.63, 3.8) is 0 Å². The Hall–Kier alpha value is -1.27. The van der Waals surface area contributed by atoms with Crippen LogP contribution >= 0.6 is 0 Å². The highest BCUT2D eigenvalue weighted by atomic mass is 32.2. The maximum Gasteiger partial charge on any atom is 0.232 e. The van der Waals surface area contributed by atoms with E-state index < -0.39 is 10.0 Å². The lowest BCUT2D eigenvalue weighted by Crippen LogP contribution is -2.22. The number of ether oxygens (including phenoxy) is 1. The summed E-state index contributed by atoms with van der Waals surface area (Å²) in [7, 11) is -1.48. The molecule has 0 aliphatic carbocycles. The van der Waals surface area contributed by atoms with Gasteiger partial charge in [0.1, 0.15) is 0 Å². The summed E-state index contributed by atoms with van der Waals surface area (Å²) in [5, 5.41) is 0. The highest BCUT2D eigenvalue weighted by Gasteiger charge is 2.22. The van der Waals surface area contributed by atoms with Gasteiger partial charge in [-0.25, -0.2) is 8.42 Å². The summed E-state index contributed by atoms with van der Waals surface area (Å²) < 4.78 is 31.3. The molecule has 1 saturated heterocycles. The normalized spacial score (nSPS) is 19.3. The first-order valence-corrected chi connectivity index (χ1v) is 8.57. The van der Waals surface area contributed by atoms with E-state index in [1.807, 2.05) is 31.2 Å². The molecule has 1 fully saturated rings. The van der Waals surface area contributed by atoms with Gasteiger partial charge in [-0.05, 0) is 37.1 Å². The Balaban J connectivity index is 2.00. The molecule has 0 amide bonds. The monoisotopic (exact) mass is 298 g/mol. The number of nitrogens with zero attached hydrogens (tertiary/aromatic N) is 1. The van der Waals surface area contributed by atoms with Gasteiger partial charge in [-0.15, -0.1) is 0 Å². The summed E-state index contributed by atoms with van der Waals surface area (Å²) >= 11 is 0. The van der Waals surface area contributed by atoms with Gasteiger partial charge in [0.25, 0.3) is 0 Å². The smallest absolute Gasteiger partial charge is 0.232 e. The van der Waals surface area contributed by atoms with Gasteiger partial charge in [0.2, 0.25) is 10.0 Å². The van der Waals surface area contributed by atoms with E-state index in [0.717, 1.165) is 25.2 Å². The molecular weight excluding hydrogens is 276 g/mol. The second-order valence-corrected chi connectivity index (χ2v) is 6.90. The number of rotatable bonds is 6. The molecule has 1 aromatic carbocycles. The van der Waals surface area contributed by atoms with Crippen molar-refractivity contribution >= 4 is 21.4 Å². The van der Waals surface area contributed by atoms with Crippen molar-refractivity contribution in [2.45, 2.75) is 25.9 Å². The van der Waals surface area contributed by atoms with E-state index >= 15 is 0 Å². The Labute approximate surface area is 121 Å². The van der Waals surface area contributed by atoms with Crippen LogP contribution < -0.4 is 9.62 Å². The number of hydrogen-bond acceptors (Lipinski definition) is 4. The number of hydrogen-bond donors (Lipinski definition) is 1. The molecule has 1 aliphatic rings. The molecule has 112 valence electrons. The van der Waals surface area contributed by atoms with Crippen LogP contribution in [0.4, 0.5) is 11.4 Å². The summed E-state index contributed by atoms with van der Waals surface area (Å²) in [5.41, 5.74) is 1.72. The maximum atomic E-state index is 11.7. The molecule has 0 bridgehead atoms. The van der Waals surface area contributed by atoms with Gasteiger partial charge in [0.15, 0.2) is 0 Å². The Morgan fingerprint density at radius 1 is 1.35 bits per heavy atom. The Bertz CT molecular complexity index is 528. The lowest BCUT2D eigenvalue weighted by molar-refractivity contribution is 0.121. The zero-order chi connectivity index (χ0) is 14.6. The van der Waals surface area contributed by atoms with Crippen molar-refractivity contribution in [2.24, 2.45) is 0 Å². The minimum atomic E-state index is -3.21. The van der Waals surface area contributed by atoms with Gasteiger partial charge in [-0.3, -0.25) is 4.72 Å². The molecule has 5 nitrogen and oxygen atoms in total. The van der Waals surface area contributed by atoms with Crippen LogP contribution in [0.25, 0.3) is 0 Å². The molecule has 1 atom stereocenters. The molecule has 0 radical (unpaired) electrons. The van der Waals surface area contributed by atoms with Gasteiger partial charge in [0.05, 0.1) is 11.9 Å². The fourth-order valence-corrected chi connectivity index (χ4v) is 3.53. The lowest BCUT2D eigenvalue weighted by atomic mass is 10.2. The Morgan fingerprint density at radius 2 is 2.05 bits per heavy atom. The minimum absolute atomic E-state index is 0.149. The van der Waals surface area contributed by atoms with Gasteiger partial charge >= 0.3 is 0 Å². The predicted molar refractivity (Wildman–Crippen MR) is 81.8 cm³/mol. The largest absolute Gasteiger partial charge is 0.380 e. The molecular formula is C14H22N2O3S. The first-order chi connectivity index (χ1) is 9.54. The highest BCUT2D eigenvalue weighted by molar-refractivity contribution is 7.92. The average Bonchev–Trinajstić information content (AvgIpc) is 2.88. The molecule has 0 aromatic heterocycles. The van der Waals surface area contributed by atoms with Crippen LogP contribution in [0.3, 0.4) is 0 Å². The third kappa shape index (κ3) is 3.86. The number of anilines is 2. The fourth-order valence-electron chi connectivity index (χ4n) is 2.39. The molecule has 0 spiro atoms. The van der Waals surface area contributed by atoms with E-state index in [-0.39, 0.29) is 11.9 Å². The summed E-state index contributed by atoms with van der Waals surface area (Å²) in [5.74, 6) is 0.149. The van der Waals surface area contributed by atoms with Crippen LogP contribution in [0.2, 0.25) is 0 Å². The van der Waals surface area contributed by atoms with Gasteiger partial charge in [-0.2, -0.15) is 0 Å². The summed E-state index contributed by atoms with van der Waals surface area (Å²) in [6.45, 7) is 3.71. The van der Waals surface area contributed by atoms with Gasteiger partial charge in [-0.1, -0.05) is 6.92 Å². The molecule has 1 aromatic rings. The standard InChI is InChI=1S/C14H22N2O3S/c1-3-10-20(17,18)15-12-4-6-13(7-5-12)16-9-8-14(11-16)19-2/h4-7,14-15H,3,8-11H2,1-2H3. The van der Waals surface area contributed by atoms with Crippen LogP contribution in [0.1, 0.15) is 19.8 Å². The van der Waals surface area contributed by atoms with Crippen LogP contribution in [-0.4, -0.2) is 40.5 Å². The summed E-state index contributed by atoms with van der Waals surface area (Å²) in [4.78, 5) is 2.25. The summed E-state index contributed by atoms with van der Waals surface area (Å²) in [6, 6.07) is 7.51. The molecule has 1 unspecified atom stereocenters. The van der Waals surface area contributed by atoms with Crippen molar-refractivity contribution in [3.8, 4) is 0 Å². The van der Waals surface area contributed by atoms with Crippen LogP contribution in [0.15, 0.2) is 24.3 Å². The third-order valence-electron chi connectivity index (χ3n) is 3.46. The van der Waals surface area contributed by atoms with Crippen molar-refractivity contribution in [1.82, 2.24) is 0 Å². The second-order valence-electron chi connectivity index (χ2n) is 5.06. The average molecular weight is 298 g/mol. The number of nitrogens with one attached hydrogen (secondary N) is 1. The third-order valence-corrected chi connectivity index (χ3v) is 4.95. The molecule has 0 saturated carbocycles. The molecule has 6 heteroatoms. The first kappa shape index (κ1) is 15.1. The van der Waals surface area contributed by atoms with E-state index in [4.69, 9.17) is 4.74 Å². The maximum absolute atomic E-state index is 11.7. The van der Waals surface area contributed by atoms with Crippen LogP contribution in [-0.2, 0) is 14.8 Å². The van der Waals surface area contributed by atoms with E-state index in [1.165, 1.54) is 0 Å². The SMILES string of the molecule is CCCS(=O)(=O)Nc1ccc(N2CCC(OC)C2)cc1. The number of sulfonamides is 1. The Kier molecular flexibility index (Phi) is 4.88. The van der Waals surface area contributed by atoms with Crippen molar-refractivity contribution in [1.29, 1.82) is 0 Å². The summed E-state index contributed by atoms with van der Waals surface area (Å²) in [6.07, 6.45) is 1.93. The van der Waals surface area contributed by atoms with E-state index in [9.17, 15) is 8.42 Å². The van der Waals surface area contributed by atoms with E-state index in [0.29, 0.717) is 12.1 Å². The molecule has 1 heterocycles. The second kappa shape index (κ2) is 6.45. The lowest BCUT2D eigenvalue weighted by Gasteiger charge is -2.18. The predicted octanol–water partition coefficient (Wildman–Crippen LogP) is 2.06. The fraction of sp³-hybridized carbons (Fsp3) is 0.571. The van der Waals surface area contributed by atoms with Gasteiger partial charge in [0, 0.05) is 31.6 Å². The number of benzene rings is 1. The number of methoxy groups -OCH3 is 1. The Morgan fingerprint density at radius 3 is 2.60 bits per heavy atom. The van der Waals surface area contributed by atoms with Gasteiger partial charge < -0.3 is 9.64 Å². The zero-order valence-electron chi connectivity index (χ0n) is 12.0. The van der Waals surface area contributed by atoms with Crippen LogP contribution in [0.5, 0.6) is 0 Å².